The topological polar surface area (TPSA) is 89.6 Å². The van der Waals surface area contributed by atoms with E-state index >= 15 is 0 Å². The number of aryl methyl sites for hydroxylation is 1. The zero-order chi connectivity index (χ0) is 15.7. The summed E-state index contributed by atoms with van der Waals surface area (Å²) in [7, 11) is 1.54. The third kappa shape index (κ3) is 2.26. The summed E-state index contributed by atoms with van der Waals surface area (Å²) < 4.78 is 6.80. The van der Waals surface area contributed by atoms with Crippen LogP contribution in [0.4, 0.5) is 0 Å². The number of pyridine rings is 1. The summed E-state index contributed by atoms with van der Waals surface area (Å²) in [6, 6.07) is 7.23. The summed E-state index contributed by atoms with van der Waals surface area (Å²) in [6.45, 7) is 1.98. The van der Waals surface area contributed by atoms with Gasteiger partial charge < -0.3 is 9.84 Å². The van der Waals surface area contributed by atoms with Crippen molar-refractivity contribution in [3.05, 3.63) is 42.0 Å². The zero-order valence-corrected chi connectivity index (χ0v) is 12.1. The lowest BCUT2D eigenvalue weighted by atomic mass is 10.2. The average Bonchev–Trinajstić information content (AvgIpc) is 2.98. The maximum absolute atomic E-state index is 11.3. The lowest BCUT2D eigenvalue weighted by molar-refractivity contribution is 0.0693. The number of ether oxygens (including phenoxy) is 1. The molecule has 3 heterocycles. The Labute approximate surface area is 126 Å². The summed E-state index contributed by atoms with van der Waals surface area (Å²) in [6.07, 6.45) is 2.19. The van der Waals surface area contributed by atoms with Crippen LogP contribution in [0.15, 0.2) is 30.6 Å². The Morgan fingerprint density at radius 2 is 2.14 bits per heavy atom. The first-order chi connectivity index (χ1) is 10.6. The minimum Gasteiger partial charge on any atom is -0.481 e. The molecule has 0 saturated heterocycles. The van der Waals surface area contributed by atoms with Crippen molar-refractivity contribution >= 4 is 11.6 Å². The lowest BCUT2D eigenvalue weighted by Gasteiger charge is -2.08. The number of rotatable bonds is 4. The van der Waals surface area contributed by atoms with Gasteiger partial charge in [0.2, 0.25) is 5.88 Å². The Balaban J connectivity index is 2.25. The molecule has 3 aromatic rings. The van der Waals surface area contributed by atoms with Crippen molar-refractivity contribution in [1.82, 2.24) is 19.4 Å². The highest BCUT2D eigenvalue weighted by atomic mass is 16.5. The van der Waals surface area contributed by atoms with Crippen molar-refractivity contribution in [3.8, 4) is 17.3 Å². The van der Waals surface area contributed by atoms with Crippen LogP contribution in [0.5, 0.6) is 5.88 Å². The predicted molar refractivity (Wildman–Crippen MR) is 79.1 cm³/mol. The van der Waals surface area contributed by atoms with E-state index in [0.717, 1.165) is 5.69 Å². The van der Waals surface area contributed by atoms with E-state index in [1.807, 2.05) is 19.1 Å². The maximum atomic E-state index is 11.3. The molecular weight excluding hydrogens is 284 g/mol. The highest BCUT2D eigenvalue weighted by Crippen LogP contribution is 2.22. The molecule has 0 spiro atoms. The van der Waals surface area contributed by atoms with Crippen LogP contribution in [-0.2, 0) is 6.42 Å². The molecule has 0 atom stereocenters. The van der Waals surface area contributed by atoms with Crippen LogP contribution >= 0.6 is 0 Å². The Morgan fingerprint density at radius 1 is 1.32 bits per heavy atom. The van der Waals surface area contributed by atoms with Gasteiger partial charge in [0, 0.05) is 11.8 Å². The van der Waals surface area contributed by atoms with E-state index in [4.69, 9.17) is 4.74 Å². The van der Waals surface area contributed by atoms with Gasteiger partial charge in [-0.05, 0) is 18.6 Å². The molecule has 3 aromatic heterocycles. The van der Waals surface area contributed by atoms with Crippen molar-refractivity contribution < 1.29 is 14.6 Å². The molecule has 0 aliphatic carbocycles. The van der Waals surface area contributed by atoms with Crippen molar-refractivity contribution in [2.45, 2.75) is 13.3 Å². The van der Waals surface area contributed by atoms with Crippen LogP contribution in [0.25, 0.3) is 17.0 Å². The molecule has 0 radical (unpaired) electrons. The van der Waals surface area contributed by atoms with E-state index in [2.05, 4.69) is 15.0 Å². The van der Waals surface area contributed by atoms with Gasteiger partial charge in [0.05, 0.1) is 18.5 Å². The first-order valence-electron chi connectivity index (χ1n) is 6.75. The molecule has 7 nitrogen and oxygen atoms in total. The SMILES string of the molecule is CCc1cc(-c2cccc(OC)n2)nc2c(C(=O)O)ncn12. The molecule has 112 valence electrons. The van der Waals surface area contributed by atoms with E-state index in [9.17, 15) is 9.90 Å². The van der Waals surface area contributed by atoms with Crippen LogP contribution in [-0.4, -0.2) is 37.5 Å². The number of aromatic nitrogens is 4. The highest BCUT2D eigenvalue weighted by molar-refractivity contribution is 5.92. The summed E-state index contributed by atoms with van der Waals surface area (Å²) >= 11 is 0. The predicted octanol–water partition coefficient (Wildman–Crippen LogP) is 2.06. The Kier molecular flexibility index (Phi) is 3.46. The Hall–Kier alpha value is -2.96. The van der Waals surface area contributed by atoms with Gasteiger partial charge in [0.15, 0.2) is 11.3 Å². The third-order valence-corrected chi connectivity index (χ3v) is 3.34. The van der Waals surface area contributed by atoms with E-state index in [0.29, 0.717) is 29.3 Å². The van der Waals surface area contributed by atoms with Crippen LogP contribution in [0, 0.1) is 0 Å². The molecule has 0 aliphatic rings. The number of hydrogen-bond donors (Lipinski definition) is 1. The maximum Gasteiger partial charge on any atom is 0.358 e. The summed E-state index contributed by atoms with van der Waals surface area (Å²) in [5.74, 6) is -0.628. The van der Waals surface area contributed by atoms with Gasteiger partial charge in [0.25, 0.3) is 0 Å². The molecule has 0 saturated carbocycles. The van der Waals surface area contributed by atoms with Gasteiger partial charge in [-0.2, -0.15) is 0 Å². The molecule has 3 rings (SSSR count). The van der Waals surface area contributed by atoms with Crippen LogP contribution in [0.2, 0.25) is 0 Å². The van der Waals surface area contributed by atoms with E-state index in [1.54, 1.807) is 23.6 Å². The normalized spacial score (nSPS) is 10.8. The van der Waals surface area contributed by atoms with Crippen molar-refractivity contribution in [2.75, 3.05) is 7.11 Å². The number of hydrogen-bond acceptors (Lipinski definition) is 5. The van der Waals surface area contributed by atoms with Gasteiger partial charge in [-0.1, -0.05) is 13.0 Å². The standard InChI is InChI=1S/C15H14N4O3/c1-3-9-7-11(10-5-4-6-12(17-10)22-2)18-14-13(15(20)21)16-8-19(9)14/h4-8H,3H2,1-2H3,(H,20,21). The number of fused-ring (bicyclic) bond motifs is 1. The van der Waals surface area contributed by atoms with Crippen molar-refractivity contribution in [1.29, 1.82) is 0 Å². The number of carbonyl (C=O) groups is 1. The van der Waals surface area contributed by atoms with Crippen molar-refractivity contribution in [2.24, 2.45) is 0 Å². The lowest BCUT2D eigenvalue weighted by Crippen LogP contribution is -2.03. The number of carboxylic acid groups (broad SMARTS) is 1. The number of aromatic carboxylic acids is 1. The molecule has 0 bridgehead atoms. The second-order valence-electron chi connectivity index (χ2n) is 4.64. The van der Waals surface area contributed by atoms with Gasteiger partial charge in [-0.15, -0.1) is 0 Å². The van der Waals surface area contributed by atoms with Gasteiger partial charge in [-0.25, -0.2) is 19.7 Å². The molecule has 1 N–H and O–H groups in total. The van der Waals surface area contributed by atoms with E-state index < -0.39 is 5.97 Å². The number of carboxylic acids is 1. The fourth-order valence-electron chi connectivity index (χ4n) is 2.26. The molecule has 0 fully saturated rings. The number of nitrogens with zero attached hydrogens (tertiary/aromatic N) is 4. The molecule has 22 heavy (non-hydrogen) atoms. The van der Waals surface area contributed by atoms with E-state index in [-0.39, 0.29) is 5.69 Å². The number of methoxy groups -OCH3 is 1. The summed E-state index contributed by atoms with van der Waals surface area (Å²) in [5.41, 5.74) is 2.36. The van der Waals surface area contributed by atoms with Crippen molar-refractivity contribution in [3.63, 3.8) is 0 Å². The fraction of sp³-hybridized carbons (Fsp3) is 0.200. The first-order valence-corrected chi connectivity index (χ1v) is 6.75. The third-order valence-electron chi connectivity index (χ3n) is 3.34. The molecule has 0 amide bonds. The fourth-order valence-corrected chi connectivity index (χ4v) is 2.26. The van der Waals surface area contributed by atoms with Gasteiger partial charge in [0.1, 0.15) is 6.33 Å². The smallest absolute Gasteiger partial charge is 0.358 e. The second-order valence-corrected chi connectivity index (χ2v) is 4.64. The van der Waals surface area contributed by atoms with Crippen LogP contribution < -0.4 is 4.74 Å². The molecule has 7 heteroatoms. The molecule has 0 unspecified atom stereocenters. The molecule has 0 aliphatic heterocycles. The first kappa shape index (κ1) is 14.0. The van der Waals surface area contributed by atoms with Crippen LogP contribution in [0.1, 0.15) is 23.1 Å². The summed E-state index contributed by atoms with van der Waals surface area (Å²) in [5, 5.41) is 9.23. The van der Waals surface area contributed by atoms with Crippen LogP contribution in [0.3, 0.4) is 0 Å². The monoisotopic (exact) mass is 298 g/mol. The van der Waals surface area contributed by atoms with Gasteiger partial charge >= 0.3 is 5.97 Å². The summed E-state index contributed by atoms with van der Waals surface area (Å²) in [4.78, 5) is 24.0. The Bertz CT molecular complexity index is 857. The quantitative estimate of drug-likeness (QED) is 0.793. The highest BCUT2D eigenvalue weighted by Gasteiger charge is 2.17. The molecular formula is C15H14N4O3. The van der Waals surface area contributed by atoms with Gasteiger partial charge in [-0.3, -0.25) is 4.40 Å². The number of imidazole rings is 1. The largest absolute Gasteiger partial charge is 0.481 e. The van der Waals surface area contributed by atoms with E-state index in [1.165, 1.54) is 6.33 Å². The zero-order valence-electron chi connectivity index (χ0n) is 12.1. The Morgan fingerprint density at radius 3 is 2.82 bits per heavy atom. The average molecular weight is 298 g/mol. The minimum atomic E-state index is -1.10. The molecule has 0 aromatic carbocycles. The minimum absolute atomic E-state index is 0.0700. The second kappa shape index (κ2) is 5.44.